The number of carbonyl (C=O) groups is 3. The van der Waals surface area contributed by atoms with Gasteiger partial charge in [-0.25, -0.2) is 9.59 Å². The predicted octanol–water partition coefficient (Wildman–Crippen LogP) is 9.27. The van der Waals surface area contributed by atoms with Gasteiger partial charge in [0.15, 0.2) is 6.29 Å². The predicted molar refractivity (Wildman–Crippen MR) is 173 cm³/mol. The van der Waals surface area contributed by atoms with Crippen molar-refractivity contribution in [3.63, 3.8) is 0 Å². The fourth-order valence-electron chi connectivity index (χ4n) is 7.11. The Morgan fingerprint density at radius 2 is 1.50 bits per heavy atom. The minimum Gasteiger partial charge on any atom is -0.494 e. The highest BCUT2D eigenvalue weighted by molar-refractivity contribution is 5.92. The van der Waals surface area contributed by atoms with Crippen molar-refractivity contribution in [3.05, 3.63) is 71.8 Å². The van der Waals surface area contributed by atoms with Crippen LogP contribution in [0.4, 0.5) is 0 Å². The van der Waals surface area contributed by atoms with E-state index in [-0.39, 0.29) is 5.97 Å². The Hall–Kier alpha value is -3.41. The van der Waals surface area contributed by atoms with Crippen molar-refractivity contribution in [1.29, 1.82) is 0 Å². The van der Waals surface area contributed by atoms with Crippen LogP contribution < -0.4 is 9.47 Å². The van der Waals surface area contributed by atoms with Gasteiger partial charge >= 0.3 is 11.9 Å². The van der Waals surface area contributed by atoms with Gasteiger partial charge in [-0.15, -0.1) is 0 Å². The van der Waals surface area contributed by atoms with Gasteiger partial charge in [0.05, 0.1) is 24.3 Å². The maximum absolute atomic E-state index is 12.9. The van der Waals surface area contributed by atoms with Crippen LogP contribution in [0.2, 0.25) is 0 Å². The Kier molecular flexibility index (Phi) is 13.5. The lowest BCUT2D eigenvalue weighted by molar-refractivity contribution is -0.137. The number of ether oxygens (including phenoxy) is 3. The van der Waals surface area contributed by atoms with Crippen molar-refractivity contribution in [2.75, 3.05) is 13.2 Å². The van der Waals surface area contributed by atoms with E-state index in [9.17, 15) is 14.4 Å². The molecule has 44 heavy (non-hydrogen) atoms. The molecule has 2 fully saturated rings. The molecule has 0 saturated heterocycles. The Morgan fingerprint density at radius 3 is 2.14 bits per heavy atom. The van der Waals surface area contributed by atoms with E-state index in [4.69, 9.17) is 14.2 Å². The molecule has 0 heterocycles. The third-order valence-corrected chi connectivity index (χ3v) is 9.67. The van der Waals surface area contributed by atoms with Crippen LogP contribution in [0.1, 0.15) is 129 Å². The molecule has 6 nitrogen and oxygen atoms in total. The molecule has 238 valence electrons. The number of unbranched alkanes of at least 4 members (excludes halogenated alkanes) is 3. The third-order valence-electron chi connectivity index (χ3n) is 9.67. The molecular formula is C38H50O6. The first-order valence-electron chi connectivity index (χ1n) is 16.8. The SMILES string of the molecule is C=CC(=O)OCCCCCCOc1ccc(C(=O)Oc2ccc(C3CCC(C4CCC(CCC)CC4)CC3)cc2C=O)cc1. The Balaban J connectivity index is 1.19. The molecule has 0 unspecified atom stereocenters. The van der Waals surface area contributed by atoms with Gasteiger partial charge in [-0.3, -0.25) is 4.79 Å². The molecule has 0 atom stereocenters. The lowest BCUT2D eigenvalue weighted by Crippen LogP contribution is -2.25. The minimum absolute atomic E-state index is 0.297. The van der Waals surface area contributed by atoms with Gasteiger partial charge in [0.2, 0.25) is 0 Å². The van der Waals surface area contributed by atoms with Crippen LogP contribution in [0.25, 0.3) is 0 Å². The first-order valence-corrected chi connectivity index (χ1v) is 16.8. The first-order chi connectivity index (χ1) is 21.5. The van der Waals surface area contributed by atoms with E-state index in [0.29, 0.717) is 41.8 Å². The Bertz CT molecular complexity index is 1200. The van der Waals surface area contributed by atoms with E-state index < -0.39 is 5.97 Å². The van der Waals surface area contributed by atoms with Gasteiger partial charge in [0.1, 0.15) is 11.5 Å². The summed E-state index contributed by atoms with van der Waals surface area (Å²) >= 11 is 0. The maximum Gasteiger partial charge on any atom is 0.343 e. The molecular weight excluding hydrogens is 552 g/mol. The highest BCUT2D eigenvalue weighted by Crippen LogP contribution is 2.44. The highest BCUT2D eigenvalue weighted by Gasteiger charge is 2.31. The average Bonchev–Trinajstić information content (AvgIpc) is 3.06. The van der Waals surface area contributed by atoms with E-state index in [1.54, 1.807) is 30.3 Å². The van der Waals surface area contributed by atoms with Crippen LogP contribution in [0.3, 0.4) is 0 Å². The molecule has 0 amide bonds. The summed E-state index contributed by atoms with van der Waals surface area (Å²) in [5.74, 6) is 3.25. The largest absolute Gasteiger partial charge is 0.494 e. The van der Waals surface area contributed by atoms with Gasteiger partial charge in [-0.1, -0.05) is 45.3 Å². The number of hydrogen-bond acceptors (Lipinski definition) is 6. The van der Waals surface area contributed by atoms with Crippen LogP contribution in [0, 0.1) is 17.8 Å². The number of esters is 2. The summed E-state index contributed by atoms with van der Waals surface area (Å²) in [5.41, 5.74) is 2.00. The zero-order valence-corrected chi connectivity index (χ0v) is 26.5. The zero-order valence-electron chi connectivity index (χ0n) is 26.5. The molecule has 4 rings (SSSR count). The average molecular weight is 603 g/mol. The molecule has 2 saturated carbocycles. The molecule has 6 heteroatoms. The third kappa shape index (κ3) is 10.1. The number of benzene rings is 2. The van der Waals surface area contributed by atoms with Crippen LogP contribution in [0.15, 0.2) is 55.1 Å². The van der Waals surface area contributed by atoms with Gasteiger partial charge in [-0.05, 0) is 130 Å². The standard InChI is InChI=1S/C38H50O6/c1-3-9-28-10-12-29(13-11-28)30-14-16-31(17-15-30)33-20-23-36(34(26-33)27-39)44-38(41)32-18-21-35(22-19-32)42-24-7-5-6-8-25-43-37(40)4-2/h4,18-23,26-31H,2-3,5-17,24-25H2,1H3. The Labute approximate surface area is 263 Å². The highest BCUT2D eigenvalue weighted by atomic mass is 16.5. The lowest BCUT2D eigenvalue weighted by Gasteiger charge is -2.38. The molecule has 2 aliphatic rings. The summed E-state index contributed by atoms with van der Waals surface area (Å²) in [6, 6.07) is 12.6. The fourth-order valence-corrected chi connectivity index (χ4v) is 7.11. The molecule has 0 aromatic heterocycles. The smallest absolute Gasteiger partial charge is 0.343 e. The van der Waals surface area contributed by atoms with E-state index in [1.165, 1.54) is 75.8 Å². The summed E-state index contributed by atoms with van der Waals surface area (Å²) in [4.78, 5) is 35.8. The molecule has 2 aromatic carbocycles. The molecule has 2 aromatic rings. The molecule has 0 N–H and O–H groups in total. The maximum atomic E-state index is 12.9. The second-order valence-electron chi connectivity index (χ2n) is 12.6. The van der Waals surface area contributed by atoms with Crippen molar-refractivity contribution in [2.45, 2.75) is 103 Å². The summed E-state index contributed by atoms with van der Waals surface area (Å²) in [5, 5.41) is 0. The van der Waals surface area contributed by atoms with Crippen LogP contribution in [0.5, 0.6) is 11.5 Å². The van der Waals surface area contributed by atoms with Crippen LogP contribution in [-0.2, 0) is 9.53 Å². The molecule has 0 aliphatic heterocycles. The summed E-state index contributed by atoms with van der Waals surface area (Å²) in [6.45, 7) is 6.65. The van der Waals surface area contributed by atoms with Gasteiger partial charge < -0.3 is 14.2 Å². The zero-order chi connectivity index (χ0) is 31.1. The van der Waals surface area contributed by atoms with Crippen LogP contribution >= 0.6 is 0 Å². The van der Waals surface area contributed by atoms with Crippen molar-refractivity contribution in [2.24, 2.45) is 17.8 Å². The van der Waals surface area contributed by atoms with E-state index in [1.807, 2.05) is 12.1 Å². The summed E-state index contributed by atoms with van der Waals surface area (Å²) in [7, 11) is 0. The van der Waals surface area contributed by atoms with Gasteiger partial charge in [0.25, 0.3) is 0 Å². The van der Waals surface area contributed by atoms with Crippen molar-refractivity contribution >= 4 is 18.2 Å². The quantitative estimate of drug-likeness (QED) is 0.0626. The molecule has 0 spiro atoms. The minimum atomic E-state index is -0.501. The molecule has 2 aliphatic carbocycles. The van der Waals surface area contributed by atoms with Crippen molar-refractivity contribution in [1.82, 2.24) is 0 Å². The van der Waals surface area contributed by atoms with E-state index in [0.717, 1.165) is 49.7 Å². The van der Waals surface area contributed by atoms with E-state index in [2.05, 4.69) is 13.5 Å². The molecule has 0 radical (unpaired) electrons. The van der Waals surface area contributed by atoms with Gasteiger partial charge in [-0.2, -0.15) is 0 Å². The fraction of sp³-hybridized carbons (Fsp3) is 0.553. The number of carbonyl (C=O) groups excluding carboxylic acids is 3. The van der Waals surface area contributed by atoms with Gasteiger partial charge in [0, 0.05) is 6.08 Å². The topological polar surface area (TPSA) is 78.9 Å². The Morgan fingerprint density at radius 1 is 0.841 bits per heavy atom. The first kappa shape index (κ1) is 33.5. The summed E-state index contributed by atoms with van der Waals surface area (Å²) < 4.78 is 16.4. The van der Waals surface area contributed by atoms with Crippen LogP contribution in [-0.4, -0.2) is 31.4 Å². The monoisotopic (exact) mass is 602 g/mol. The van der Waals surface area contributed by atoms with Crippen molar-refractivity contribution < 1.29 is 28.6 Å². The second kappa shape index (κ2) is 17.8. The number of rotatable bonds is 16. The lowest BCUT2D eigenvalue weighted by atomic mass is 9.68. The number of hydrogen-bond donors (Lipinski definition) is 0. The number of aldehydes is 1. The van der Waals surface area contributed by atoms with Crippen molar-refractivity contribution in [3.8, 4) is 11.5 Å². The molecule has 0 bridgehead atoms. The summed E-state index contributed by atoms with van der Waals surface area (Å²) in [6.07, 6.45) is 18.8. The van der Waals surface area contributed by atoms with E-state index >= 15 is 0 Å². The second-order valence-corrected chi connectivity index (χ2v) is 12.6. The normalized spacial score (nSPS) is 21.7.